The van der Waals surface area contributed by atoms with Gasteiger partial charge in [0.2, 0.25) is 5.95 Å². The van der Waals surface area contributed by atoms with E-state index in [1.807, 2.05) is 64.1 Å². The number of nitrogens with one attached hydrogen (secondary N) is 2. The zero-order valence-electron chi connectivity index (χ0n) is 16.5. The molecule has 0 radical (unpaired) electrons. The minimum Gasteiger partial charge on any atom is -0.492 e. The number of nitrogens with zero attached hydrogens (tertiary/aromatic N) is 2. The van der Waals surface area contributed by atoms with E-state index in [0.717, 1.165) is 16.8 Å². The molecule has 3 rings (SSSR count). The van der Waals surface area contributed by atoms with Crippen molar-refractivity contribution in [1.29, 1.82) is 0 Å². The molecule has 1 heterocycles. The molecule has 28 heavy (non-hydrogen) atoms. The molecule has 2 aromatic carbocycles. The summed E-state index contributed by atoms with van der Waals surface area (Å²) in [4.78, 5) is 21.6. The minimum absolute atomic E-state index is 0.284. The lowest BCUT2D eigenvalue weighted by Crippen LogP contribution is -2.16. The van der Waals surface area contributed by atoms with Crippen molar-refractivity contribution < 1.29 is 9.53 Å². The van der Waals surface area contributed by atoms with Gasteiger partial charge in [-0.3, -0.25) is 4.79 Å². The number of carbonyl (C=O) groups is 1. The van der Waals surface area contributed by atoms with E-state index in [1.165, 1.54) is 0 Å². The van der Waals surface area contributed by atoms with Crippen LogP contribution in [0.4, 0.5) is 17.3 Å². The molecule has 0 saturated carbocycles. The fraction of sp³-hybridized carbons (Fsp3) is 0.227. The van der Waals surface area contributed by atoms with E-state index >= 15 is 0 Å². The molecule has 0 saturated heterocycles. The number of hydrogen-bond donors (Lipinski definition) is 2. The lowest BCUT2D eigenvalue weighted by atomic mass is 10.1. The third-order valence-corrected chi connectivity index (χ3v) is 4.16. The van der Waals surface area contributed by atoms with Crippen LogP contribution in [0.5, 0.6) is 5.75 Å². The van der Waals surface area contributed by atoms with Crippen LogP contribution in [-0.4, -0.2) is 22.5 Å². The first-order chi connectivity index (χ1) is 13.5. The predicted octanol–water partition coefficient (Wildman–Crippen LogP) is 4.80. The smallest absolute Gasteiger partial charge is 0.274 e. The summed E-state index contributed by atoms with van der Waals surface area (Å²) in [6.07, 6.45) is 0. The molecule has 144 valence electrons. The highest BCUT2D eigenvalue weighted by atomic mass is 16.5. The number of amides is 1. The molecule has 0 aliphatic heterocycles. The summed E-state index contributed by atoms with van der Waals surface area (Å²) >= 11 is 0. The standard InChI is InChI=1S/C22H24N4O2/c1-5-28-20-9-7-6-8-17(20)24-21(27)19-13-16(4)23-22(26-19)25-18-12-14(2)10-11-15(18)3/h6-13H,5H2,1-4H3,(H,24,27)(H,23,25,26). The molecule has 3 aromatic rings. The Balaban J connectivity index is 1.85. The Morgan fingerprint density at radius 1 is 1.00 bits per heavy atom. The molecular formula is C22H24N4O2. The van der Waals surface area contributed by atoms with Crippen LogP contribution in [-0.2, 0) is 0 Å². The van der Waals surface area contributed by atoms with Crippen LogP contribution >= 0.6 is 0 Å². The van der Waals surface area contributed by atoms with Gasteiger partial charge in [-0.15, -0.1) is 0 Å². The average Bonchev–Trinajstić information content (AvgIpc) is 2.66. The first kappa shape index (κ1) is 19.4. The van der Waals surface area contributed by atoms with Crippen molar-refractivity contribution in [2.24, 2.45) is 0 Å². The Hall–Kier alpha value is -3.41. The molecule has 0 atom stereocenters. The number of ether oxygens (including phenoxy) is 1. The maximum atomic E-state index is 12.8. The predicted molar refractivity (Wildman–Crippen MR) is 112 cm³/mol. The van der Waals surface area contributed by atoms with E-state index in [0.29, 0.717) is 29.7 Å². The van der Waals surface area contributed by atoms with Gasteiger partial charge in [-0.2, -0.15) is 0 Å². The maximum absolute atomic E-state index is 12.8. The van der Waals surface area contributed by atoms with Crippen LogP contribution < -0.4 is 15.4 Å². The highest BCUT2D eigenvalue weighted by molar-refractivity contribution is 6.03. The van der Waals surface area contributed by atoms with Crippen LogP contribution in [0.3, 0.4) is 0 Å². The molecule has 0 spiro atoms. The van der Waals surface area contributed by atoms with Crippen LogP contribution in [0.25, 0.3) is 0 Å². The third kappa shape index (κ3) is 4.65. The topological polar surface area (TPSA) is 76.1 Å². The van der Waals surface area contributed by atoms with Gasteiger partial charge in [-0.1, -0.05) is 24.3 Å². The normalized spacial score (nSPS) is 10.4. The van der Waals surface area contributed by atoms with E-state index in [9.17, 15) is 4.79 Å². The van der Waals surface area contributed by atoms with Crippen LogP contribution in [0.1, 0.15) is 34.2 Å². The molecule has 1 amide bonds. The summed E-state index contributed by atoms with van der Waals surface area (Å²) in [7, 11) is 0. The van der Waals surface area contributed by atoms with E-state index in [-0.39, 0.29) is 11.6 Å². The summed E-state index contributed by atoms with van der Waals surface area (Å²) < 4.78 is 5.56. The molecule has 6 nitrogen and oxygen atoms in total. The number of anilines is 3. The Kier molecular flexibility index (Phi) is 5.89. The monoisotopic (exact) mass is 376 g/mol. The molecule has 0 unspecified atom stereocenters. The Morgan fingerprint density at radius 2 is 1.79 bits per heavy atom. The highest BCUT2D eigenvalue weighted by Crippen LogP contribution is 2.25. The average molecular weight is 376 g/mol. The van der Waals surface area contributed by atoms with E-state index in [2.05, 4.69) is 20.6 Å². The van der Waals surface area contributed by atoms with Gasteiger partial charge in [-0.25, -0.2) is 9.97 Å². The van der Waals surface area contributed by atoms with Crippen LogP contribution in [0.15, 0.2) is 48.5 Å². The molecular weight excluding hydrogens is 352 g/mol. The number of hydrogen-bond acceptors (Lipinski definition) is 5. The Labute approximate surface area is 165 Å². The van der Waals surface area contributed by atoms with Gasteiger partial charge in [0.05, 0.1) is 12.3 Å². The molecule has 0 aliphatic rings. The van der Waals surface area contributed by atoms with Crippen molar-refractivity contribution in [2.45, 2.75) is 27.7 Å². The molecule has 2 N–H and O–H groups in total. The van der Waals surface area contributed by atoms with Crippen molar-refractivity contribution in [3.63, 3.8) is 0 Å². The summed E-state index contributed by atoms with van der Waals surface area (Å²) in [5.41, 5.74) is 4.71. The Morgan fingerprint density at radius 3 is 2.57 bits per heavy atom. The number of aryl methyl sites for hydroxylation is 3. The van der Waals surface area contributed by atoms with Gasteiger partial charge in [-0.05, 0) is 63.1 Å². The second-order valence-electron chi connectivity index (χ2n) is 6.54. The van der Waals surface area contributed by atoms with Gasteiger partial charge in [0.25, 0.3) is 5.91 Å². The molecule has 0 aliphatic carbocycles. The number of aromatic nitrogens is 2. The number of para-hydroxylation sites is 2. The van der Waals surface area contributed by atoms with Crippen molar-refractivity contribution in [3.05, 3.63) is 71.0 Å². The summed E-state index contributed by atoms with van der Waals surface area (Å²) in [5, 5.41) is 6.09. The zero-order chi connectivity index (χ0) is 20.1. The SMILES string of the molecule is CCOc1ccccc1NC(=O)c1cc(C)nc(Nc2cc(C)ccc2C)n1. The second kappa shape index (κ2) is 8.52. The quantitative estimate of drug-likeness (QED) is 0.646. The fourth-order valence-electron chi connectivity index (χ4n) is 2.77. The number of benzene rings is 2. The van der Waals surface area contributed by atoms with Crippen molar-refractivity contribution in [2.75, 3.05) is 17.2 Å². The fourth-order valence-corrected chi connectivity index (χ4v) is 2.77. The summed E-state index contributed by atoms with van der Waals surface area (Å²) in [6, 6.07) is 15.1. The molecule has 1 aromatic heterocycles. The second-order valence-corrected chi connectivity index (χ2v) is 6.54. The van der Waals surface area contributed by atoms with E-state index in [1.54, 1.807) is 12.1 Å². The van der Waals surface area contributed by atoms with Crippen LogP contribution in [0, 0.1) is 20.8 Å². The van der Waals surface area contributed by atoms with Gasteiger partial charge in [0.15, 0.2) is 0 Å². The van der Waals surface area contributed by atoms with Crippen molar-refractivity contribution in [1.82, 2.24) is 9.97 Å². The minimum atomic E-state index is -0.318. The number of carbonyl (C=O) groups excluding carboxylic acids is 1. The highest BCUT2D eigenvalue weighted by Gasteiger charge is 2.14. The first-order valence-corrected chi connectivity index (χ1v) is 9.19. The maximum Gasteiger partial charge on any atom is 0.274 e. The van der Waals surface area contributed by atoms with Gasteiger partial charge in [0.1, 0.15) is 11.4 Å². The van der Waals surface area contributed by atoms with E-state index in [4.69, 9.17) is 4.74 Å². The van der Waals surface area contributed by atoms with E-state index < -0.39 is 0 Å². The van der Waals surface area contributed by atoms with Gasteiger partial charge in [0, 0.05) is 11.4 Å². The Bertz CT molecular complexity index is 1000. The third-order valence-electron chi connectivity index (χ3n) is 4.16. The summed E-state index contributed by atoms with van der Waals surface area (Å²) in [6.45, 7) is 8.29. The van der Waals surface area contributed by atoms with Crippen LogP contribution in [0.2, 0.25) is 0 Å². The van der Waals surface area contributed by atoms with Crippen molar-refractivity contribution >= 4 is 23.2 Å². The molecule has 0 bridgehead atoms. The van der Waals surface area contributed by atoms with Crippen molar-refractivity contribution in [3.8, 4) is 5.75 Å². The first-order valence-electron chi connectivity index (χ1n) is 9.19. The lowest BCUT2D eigenvalue weighted by molar-refractivity contribution is 0.102. The van der Waals surface area contributed by atoms with Gasteiger partial charge < -0.3 is 15.4 Å². The summed E-state index contributed by atoms with van der Waals surface area (Å²) in [5.74, 6) is 0.691. The largest absolute Gasteiger partial charge is 0.492 e. The number of rotatable bonds is 6. The van der Waals surface area contributed by atoms with Gasteiger partial charge >= 0.3 is 0 Å². The molecule has 6 heteroatoms. The zero-order valence-corrected chi connectivity index (χ0v) is 16.5. The molecule has 0 fully saturated rings. The lowest BCUT2D eigenvalue weighted by Gasteiger charge is -2.13.